The molecule has 0 amide bonds. The first-order valence-electron chi connectivity index (χ1n) is 5.04. The number of rotatable bonds is 4. The quantitative estimate of drug-likeness (QED) is 0.842. The molecule has 3 nitrogen and oxygen atoms in total. The van der Waals surface area contributed by atoms with Crippen molar-refractivity contribution in [3.63, 3.8) is 0 Å². The largest absolute Gasteiger partial charge is 0.463 e. The predicted molar refractivity (Wildman–Crippen MR) is 61.1 cm³/mol. The van der Waals surface area contributed by atoms with Gasteiger partial charge in [0.1, 0.15) is 5.75 Å². The second-order valence-electron chi connectivity index (χ2n) is 3.30. The molecule has 0 bridgehead atoms. The van der Waals surface area contributed by atoms with E-state index in [0.717, 1.165) is 12.1 Å². The number of alkyl halides is 1. The molecule has 0 radical (unpaired) electrons. The van der Waals surface area contributed by atoms with Crippen molar-refractivity contribution in [3.8, 4) is 5.75 Å². The average molecular weight is 220 g/mol. The number of benzene rings is 1. The molecular formula is C12H13FN2O. The van der Waals surface area contributed by atoms with Crippen LogP contribution in [0, 0.1) is 0 Å². The van der Waals surface area contributed by atoms with Crippen LogP contribution < -0.4 is 10.2 Å². The monoisotopic (exact) mass is 220 g/mol. The lowest BCUT2D eigenvalue weighted by molar-refractivity contribution is 0.192. The van der Waals surface area contributed by atoms with E-state index in [1.165, 1.54) is 0 Å². The number of hydrogen-bond donors (Lipinski definition) is 1. The van der Waals surface area contributed by atoms with Gasteiger partial charge in [0.05, 0.1) is 0 Å². The highest BCUT2D eigenvalue weighted by Crippen LogP contribution is 2.14. The lowest BCUT2D eigenvalue weighted by atomic mass is 10.2. The maximum atomic E-state index is 12.0. The molecule has 1 aromatic carbocycles. The third kappa shape index (κ3) is 2.84. The zero-order valence-electron chi connectivity index (χ0n) is 8.77. The highest BCUT2D eigenvalue weighted by molar-refractivity contribution is 5.51. The first kappa shape index (κ1) is 10.7. The summed E-state index contributed by atoms with van der Waals surface area (Å²) in [5.41, 5.74) is 4.08. The fourth-order valence-corrected chi connectivity index (χ4v) is 1.42. The Balaban J connectivity index is 2.02. The fraction of sp³-hybridized carbons (Fsp3) is 0.167. The van der Waals surface area contributed by atoms with Crippen molar-refractivity contribution < 1.29 is 9.13 Å². The Labute approximate surface area is 93.8 Å². The van der Waals surface area contributed by atoms with E-state index in [9.17, 15) is 4.39 Å². The first-order chi connectivity index (χ1) is 7.88. The van der Waals surface area contributed by atoms with Crippen LogP contribution in [0.2, 0.25) is 0 Å². The van der Waals surface area contributed by atoms with Crippen LogP contribution in [0.4, 0.5) is 4.39 Å². The van der Waals surface area contributed by atoms with E-state index in [4.69, 9.17) is 4.74 Å². The van der Waals surface area contributed by atoms with Gasteiger partial charge in [0, 0.05) is 18.9 Å². The van der Waals surface area contributed by atoms with Crippen LogP contribution in [-0.4, -0.2) is 18.4 Å². The Hall–Kier alpha value is -1.81. The molecule has 84 valence electrons. The maximum absolute atomic E-state index is 12.0. The van der Waals surface area contributed by atoms with Gasteiger partial charge in [-0.25, -0.2) is 9.82 Å². The summed E-state index contributed by atoms with van der Waals surface area (Å²) >= 11 is 0. The lowest BCUT2D eigenvalue weighted by Crippen LogP contribution is -2.22. The van der Waals surface area contributed by atoms with Crippen LogP contribution in [0.15, 0.2) is 42.7 Å². The van der Waals surface area contributed by atoms with Gasteiger partial charge >= 0.3 is 0 Å². The Morgan fingerprint density at radius 3 is 3.19 bits per heavy atom. The summed E-state index contributed by atoms with van der Waals surface area (Å²) in [4.78, 5) is 0. The number of halogens is 1. The maximum Gasteiger partial charge on any atom is 0.228 e. The SMILES string of the molecule is FCOc1cccc(/C=C/N2C=CCN2)c1. The average Bonchev–Trinajstić information content (AvgIpc) is 2.80. The second kappa shape index (κ2) is 5.32. The summed E-state index contributed by atoms with van der Waals surface area (Å²) in [6.07, 6.45) is 7.79. The first-order valence-corrected chi connectivity index (χ1v) is 5.04. The highest BCUT2D eigenvalue weighted by Gasteiger charge is 1.98. The van der Waals surface area contributed by atoms with Crippen LogP contribution in [0.1, 0.15) is 5.56 Å². The summed E-state index contributed by atoms with van der Waals surface area (Å²) in [5, 5.41) is 1.86. The van der Waals surface area contributed by atoms with E-state index < -0.39 is 6.86 Å². The van der Waals surface area contributed by atoms with Gasteiger partial charge in [-0.2, -0.15) is 0 Å². The van der Waals surface area contributed by atoms with Gasteiger partial charge in [-0.05, 0) is 23.8 Å². The molecule has 1 aliphatic rings. The zero-order chi connectivity index (χ0) is 11.2. The van der Waals surface area contributed by atoms with Crippen molar-refractivity contribution >= 4 is 6.08 Å². The van der Waals surface area contributed by atoms with Gasteiger partial charge < -0.3 is 4.74 Å². The minimum absolute atomic E-state index is 0.537. The molecule has 4 heteroatoms. The number of hydrazine groups is 1. The molecule has 0 saturated heterocycles. The van der Waals surface area contributed by atoms with Gasteiger partial charge in [0.2, 0.25) is 6.86 Å². The van der Waals surface area contributed by atoms with Crippen molar-refractivity contribution in [3.05, 3.63) is 48.3 Å². The molecule has 0 spiro atoms. The van der Waals surface area contributed by atoms with E-state index >= 15 is 0 Å². The molecule has 0 fully saturated rings. The van der Waals surface area contributed by atoms with Crippen LogP contribution in [0.3, 0.4) is 0 Å². The number of nitrogens with zero attached hydrogens (tertiary/aromatic N) is 1. The van der Waals surface area contributed by atoms with E-state index in [1.807, 2.05) is 41.7 Å². The Bertz CT molecular complexity index is 404. The van der Waals surface area contributed by atoms with Crippen molar-refractivity contribution in [1.29, 1.82) is 0 Å². The molecule has 2 rings (SSSR count). The summed E-state index contributed by atoms with van der Waals surface area (Å²) in [5.74, 6) is 0.537. The molecule has 1 aliphatic heterocycles. The minimum Gasteiger partial charge on any atom is -0.463 e. The summed E-state index contributed by atoms with van der Waals surface area (Å²) in [6, 6.07) is 7.28. The number of hydrogen-bond acceptors (Lipinski definition) is 3. The molecule has 1 aromatic rings. The summed E-state index contributed by atoms with van der Waals surface area (Å²) in [7, 11) is 0. The Morgan fingerprint density at radius 2 is 2.44 bits per heavy atom. The van der Waals surface area contributed by atoms with Crippen molar-refractivity contribution in [1.82, 2.24) is 10.4 Å². The number of nitrogens with one attached hydrogen (secondary N) is 1. The van der Waals surface area contributed by atoms with Crippen LogP contribution in [0.5, 0.6) is 5.75 Å². The number of ether oxygens (including phenoxy) is 1. The van der Waals surface area contributed by atoms with Crippen molar-refractivity contribution in [2.24, 2.45) is 0 Å². The van der Waals surface area contributed by atoms with Gasteiger partial charge in [0.25, 0.3) is 0 Å². The minimum atomic E-state index is -0.802. The summed E-state index contributed by atoms with van der Waals surface area (Å²) < 4.78 is 16.7. The summed E-state index contributed by atoms with van der Waals surface area (Å²) in [6.45, 7) is 0.0406. The molecule has 1 N–H and O–H groups in total. The predicted octanol–water partition coefficient (Wildman–Crippen LogP) is 2.30. The Kier molecular flexibility index (Phi) is 3.56. The molecule has 0 aromatic heterocycles. The highest BCUT2D eigenvalue weighted by atomic mass is 19.1. The molecule has 16 heavy (non-hydrogen) atoms. The van der Waals surface area contributed by atoms with E-state index in [0.29, 0.717) is 5.75 Å². The molecule has 0 aliphatic carbocycles. The third-order valence-electron chi connectivity index (χ3n) is 2.16. The molecular weight excluding hydrogens is 207 g/mol. The standard InChI is InChI=1S/C12H13FN2O/c13-10-16-12-4-1-3-11(9-12)5-8-15-7-2-6-14-15/h1-5,7-9,14H,6,10H2/b8-5+. The molecule has 0 unspecified atom stereocenters. The van der Waals surface area contributed by atoms with E-state index in [2.05, 4.69) is 5.43 Å². The van der Waals surface area contributed by atoms with Crippen LogP contribution in [-0.2, 0) is 0 Å². The topological polar surface area (TPSA) is 24.5 Å². The van der Waals surface area contributed by atoms with Gasteiger partial charge in [-0.3, -0.25) is 5.01 Å². The normalized spacial score (nSPS) is 14.9. The van der Waals surface area contributed by atoms with Crippen molar-refractivity contribution in [2.45, 2.75) is 0 Å². The van der Waals surface area contributed by atoms with E-state index in [1.54, 1.807) is 12.1 Å². The third-order valence-corrected chi connectivity index (χ3v) is 2.16. The van der Waals surface area contributed by atoms with Crippen LogP contribution in [0.25, 0.3) is 6.08 Å². The fourth-order valence-electron chi connectivity index (χ4n) is 1.42. The van der Waals surface area contributed by atoms with Crippen molar-refractivity contribution in [2.75, 3.05) is 13.4 Å². The van der Waals surface area contributed by atoms with Gasteiger partial charge in [0.15, 0.2) is 0 Å². The molecule has 1 heterocycles. The smallest absolute Gasteiger partial charge is 0.228 e. The lowest BCUT2D eigenvalue weighted by Gasteiger charge is -2.09. The van der Waals surface area contributed by atoms with Gasteiger partial charge in [-0.15, -0.1) is 0 Å². The van der Waals surface area contributed by atoms with Gasteiger partial charge in [-0.1, -0.05) is 18.2 Å². The van der Waals surface area contributed by atoms with E-state index in [-0.39, 0.29) is 0 Å². The zero-order valence-corrected chi connectivity index (χ0v) is 8.77. The Morgan fingerprint density at radius 1 is 1.50 bits per heavy atom. The second-order valence-corrected chi connectivity index (χ2v) is 3.30. The molecule has 0 atom stereocenters. The molecule has 0 saturated carbocycles. The van der Waals surface area contributed by atoms with Crippen LogP contribution >= 0.6 is 0 Å².